The minimum absolute atomic E-state index is 0.127. The average molecular weight is 384 g/mol. The van der Waals surface area contributed by atoms with Gasteiger partial charge in [0.1, 0.15) is 11.6 Å². The lowest BCUT2D eigenvalue weighted by Gasteiger charge is -2.25. The van der Waals surface area contributed by atoms with Crippen molar-refractivity contribution in [1.82, 2.24) is 10.2 Å². The summed E-state index contributed by atoms with van der Waals surface area (Å²) in [5, 5.41) is 3.32. The molecule has 2 aromatic carbocycles. The molecule has 1 N–H and O–H groups in total. The van der Waals surface area contributed by atoms with Gasteiger partial charge in [-0.05, 0) is 74.7 Å². The molecule has 1 amide bonds. The number of nitrogens with zero attached hydrogens (tertiary/aromatic N) is 1. The molecule has 0 spiro atoms. The third-order valence-electron chi connectivity index (χ3n) is 4.93. The molecule has 3 rings (SSSR count). The van der Waals surface area contributed by atoms with Gasteiger partial charge >= 0.3 is 0 Å². The second kappa shape index (κ2) is 9.69. The minimum atomic E-state index is -0.264. The number of benzene rings is 2. The van der Waals surface area contributed by atoms with Crippen LogP contribution in [0.25, 0.3) is 0 Å². The van der Waals surface area contributed by atoms with Crippen LogP contribution in [0.1, 0.15) is 37.8 Å². The first kappa shape index (κ1) is 20.3. The van der Waals surface area contributed by atoms with E-state index in [0.717, 1.165) is 36.4 Å². The van der Waals surface area contributed by atoms with Crippen molar-refractivity contribution in [2.24, 2.45) is 5.92 Å². The van der Waals surface area contributed by atoms with Crippen molar-refractivity contribution in [3.63, 3.8) is 0 Å². The van der Waals surface area contributed by atoms with Crippen molar-refractivity contribution in [3.05, 3.63) is 65.5 Å². The van der Waals surface area contributed by atoms with Crippen molar-refractivity contribution in [1.29, 1.82) is 0 Å². The average Bonchev–Trinajstić information content (AvgIpc) is 3.17. The first-order chi connectivity index (χ1) is 13.5. The Morgan fingerprint density at radius 2 is 1.71 bits per heavy atom. The van der Waals surface area contributed by atoms with Crippen LogP contribution in [-0.4, -0.2) is 30.0 Å². The molecule has 1 fully saturated rings. The van der Waals surface area contributed by atoms with E-state index in [0.29, 0.717) is 25.4 Å². The summed E-state index contributed by atoms with van der Waals surface area (Å²) in [5.74, 6) is 1.09. The molecule has 1 aliphatic rings. The fourth-order valence-corrected chi connectivity index (χ4v) is 3.47. The van der Waals surface area contributed by atoms with Gasteiger partial charge in [0.15, 0.2) is 0 Å². The van der Waals surface area contributed by atoms with Gasteiger partial charge in [0.05, 0.1) is 6.10 Å². The fraction of sp³-hybridized carbons (Fsp3) is 0.435. The largest absolute Gasteiger partial charge is 0.491 e. The second-order valence-electron chi connectivity index (χ2n) is 7.75. The highest BCUT2D eigenvalue weighted by atomic mass is 19.1. The molecule has 1 aliphatic heterocycles. The zero-order valence-corrected chi connectivity index (χ0v) is 16.7. The van der Waals surface area contributed by atoms with E-state index in [2.05, 4.69) is 5.32 Å². The molecule has 0 radical (unpaired) electrons. The van der Waals surface area contributed by atoms with Crippen LogP contribution in [-0.2, 0) is 17.9 Å². The predicted octanol–water partition coefficient (Wildman–Crippen LogP) is 4.14. The quantitative estimate of drug-likeness (QED) is 0.744. The Morgan fingerprint density at radius 1 is 1.11 bits per heavy atom. The molecule has 2 aromatic rings. The Kier molecular flexibility index (Phi) is 7.04. The van der Waals surface area contributed by atoms with Crippen LogP contribution >= 0.6 is 0 Å². The maximum atomic E-state index is 13.2. The number of nitrogens with one attached hydrogen (secondary N) is 1. The summed E-state index contributed by atoms with van der Waals surface area (Å²) in [4.78, 5) is 14.9. The first-order valence-corrected chi connectivity index (χ1v) is 9.98. The minimum Gasteiger partial charge on any atom is -0.491 e. The lowest BCUT2D eigenvalue weighted by molar-refractivity contribution is -0.133. The third kappa shape index (κ3) is 6.06. The Bertz CT molecular complexity index is 753. The molecule has 150 valence electrons. The molecule has 0 aromatic heterocycles. The molecule has 0 bridgehead atoms. The van der Waals surface area contributed by atoms with Crippen molar-refractivity contribution in [2.75, 3.05) is 13.1 Å². The lowest BCUT2D eigenvalue weighted by atomic mass is 10.0. The van der Waals surface area contributed by atoms with Gasteiger partial charge in [-0.25, -0.2) is 4.39 Å². The van der Waals surface area contributed by atoms with Crippen LogP contribution < -0.4 is 10.1 Å². The number of carbonyl (C=O) groups excluding carboxylic acids is 1. The monoisotopic (exact) mass is 384 g/mol. The van der Waals surface area contributed by atoms with Gasteiger partial charge in [0.25, 0.3) is 0 Å². The van der Waals surface area contributed by atoms with E-state index in [-0.39, 0.29) is 17.8 Å². The number of carbonyl (C=O) groups is 1. The molecule has 5 heteroatoms. The van der Waals surface area contributed by atoms with Crippen LogP contribution in [0.4, 0.5) is 4.39 Å². The molecule has 0 saturated carbocycles. The zero-order valence-electron chi connectivity index (χ0n) is 16.7. The maximum Gasteiger partial charge on any atom is 0.223 e. The predicted molar refractivity (Wildman–Crippen MR) is 108 cm³/mol. The highest BCUT2D eigenvalue weighted by molar-refractivity contribution is 5.76. The summed E-state index contributed by atoms with van der Waals surface area (Å²) in [6.45, 7) is 6.87. The van der Waals surface area contributed by atoms with E-state index in [9.17, 15) is 9.18 Å². The topological polar surface area (TPSA) is 41.6 Å². The van der Waals surface area contributed by atoms with E-state index in [4.69, 9.17) is 4.74 Å². The van der Waals surface area contributed by atoms with Crippen molar-refractivity contribution in [2.45, 2.75) is 45.9 Å². The standard InChI is InChI=1S/C23H29FN2O2/c1-17(2)28-22-9-5-19(6-10-22)16-26(15-18-3-7-21(24)8-4-18)23(27)13-20-11-12-25-14-20/h3-10,17,20,25H,11-16H2,1-2H3. The number of amides is 1. The van der Waals surface area contributed by atoms with Crippen molar-refractivity contribution in [3.8, 4) is 5.75 Å². The summed E-state index contributed by atoms with van der Waals surface area (Å²) in [6.07, 6.45) is 1.71. The van der Waals surface area contributed by atoms with Gasteiger partial charge < -0.3 is 15.0 Å². The van der Waals surface area contributed by atoms with Crippen LogP contribution in [0, 0.1) is 11.7 Å². The van der Waals surface area contributed by atoms with E-state index in [1.807, 2.05) is 43.0 Å². The van der Waals surface area contributed by atoms with E-state index in [1.54, 1.807) is 12.1 Å². The normalized spacial score (nSPS) is 16.4. The van der Waals surface area contributed by atoms with Crippen LogP contribution in [0.5, 0.6) is 5.75 Å². The zero-order chi connectivity index (χ0) is 19.9. The van der Waals surface area contributed by atoms with Gasteiger partial charge in [-0.2, -0.15) is 0 Å². The highest BCUT2D eigenvalue weighted by Crippen LogP contribution is 2.20. The van der Waals surface area contributed by atoms with Crippen molar-refractivity contribution < 1.29 is 13.9 Å². The Balaban J connectivity index is 1.70. The molecule has 4 nitrogen and oxygen atoms in total. The van der Waals surface area contributed by atoms with Gasteiger partial charge in [0.2, 0.25) is 5.91 Å². The Morgan fingerprint density at radius 3 is 2.25 bits per heavy atom. The number of hydrogen-bond donors (Lipinski definition) is 1. The lowest BCUT2D eigenvalue weighted by Crippen LogP contribution is -2.32. The first-order valence-electron chi connectivity index (χ1n) is 9.98. The van der Waals surface area contributed by atoms with Crippen molar-refractivity contribution >= 4 is 5.91 Å². The van der Waals surface area contributed by atoms with Gasteiger partial charge in [-0.1, -0.05) is 24.3 Å². The van der Waals surface area contributed by atoms with Crippen LogP contribution in [0.2, 0.25) is 0 Å². The number of rotatable bonds is 8. The number of hydrogen-bond acceptors (Lipinski definition) is 3. The number of ether oxygens (including phenoxy) is 1. The molecule has 0 aliphatic carbocycles. The molecule has 28 heavy (non-hydrogen) atoms. The maximum absolute atomic E-state index is 13.2. The molecule has 1 heterocycles. The van der Waals surface area contributed by atoms with Crippen LogP contribution in [0.15, 0.2) is 48.5 Å². The SMILES string of the molecule is CC(C)Oc1ccc(CN(Cc2ccc(F)cc2)C(=O)CC2CCNC2)cc1. The Hall–Kier alpha value is -2.40. The summed E-state index contributed by atoms with van der Waals surface area (Å²) < 4.78 is 18.9. The summed E-state index contributed by atoms with van der Waals surface area (Å²) in [7, 11) is 0. The van der Waals surface area contributed by atoms with Gasteiger partial charge in [-0.3, -0.25) is 4.79 Å². The van der Waals surface area contributed by atoms with E-state index in [1.165, 1.54) is 12.1 Å². The molecular formula is C23H29FN2O2. The molecule has 1 unspecified atom stereocenters. The highest BCUT2D eigenvalue weighted by Gasteiger charge is 2.22. The fourth-order valence-electron chi connectivity index (χ4n) is 3.47. The summed E-state index contributed by atoms with van der Waals surface area (Å²) >= 11 is 0. The van der Waals surface area contributed by atoms with Gasteiger partial charge in [-0.15, -0.1) is 0 Å². The molecule has 1 atom stereocenters. The Labute approximate surface area is 166 Å². The smallest absolute Gasteiger partial charge is 0.223 e. The summed E-state index contributed by atoms with van der Waals surface area (Å²) in [6, 6.07) is 14.2. The van der Waals surface area contributed by atoms with Crippen LogP contribution in [0.3, 0.4) is 0 Å². The third-order valence-corrected chi connectivity index (χ3v) is 4.93. The molecule has 1 saturated heterocycles. The van der Waals surface area contributed by atoms with E-state index < -0.39 is 0 Å². The van der Waals surface area contributed by atoms with E-state index >= 15 is 0 Å². The second-order valence-corrected chi connectivity index (χ2v) is 7.75. The number of halogens is 1. The van der Waals surface area contributed by atoms with Gasteiger partial charge in [0, 0.05) is 19.5 Å². The summed E-state index contributed by atoms with van der Waals surface area (Å²) in [5.41, 5.74) is 1.98. The molecular weight excluding hydrogens is 355 g/mol.